The fourth-order valence-corrected chi connectivity index (χ4v) is 3.74. The van der Waals surface area contributed by atoms with E-state index in [4.69, 9.17) is 26.2 Å². The lowest BCUT2D eigenvalue weighted by molar-refractivity contribution is -0.137. The summed E-state index contributed by atoms with van der Waals surface area (Å²) in [7, 11) is 0. The predicted molar refractivity (Wildman–Crippen MR) is 90.1 cm³/mol. The van der Waals surface area contributed by atoms with Crippen molar-refractivity contribution in [3.8, 4) is 11.5 Å². The molecule has 5 heteroatoms. The minimum atomic E-state index is -0.807. The average Bonchev–Trinajstić information content (AvgIpc) is 3.11. The number of carboxylic acid groups (broad SMARTS) is 1. The lowest BCUT2D eigenvalue weighted by atomic mass is 9.98. The minimum Gasteiger partial charge on any atom is -0.492 e. The standard InChI is InChI=1S/C19H17ClO4/c20-13-2-4-15-11(7-13)1-6-17(15)24-14-3-5-16-12(8-19(21)22)10-23-18(16)9-14/h2-5,7,9,12,17H,1,6,8,10H2,(H,21,22)/t12?,17-/m1/s1. The van der Waals surface area contributed by atoms with Crippen molar-refractivity contribution in [3.63, 3.8) is 0 Å². The van der Waals surface area contributed by atoms with Gasteiger partial charge in [-0.1, -0.05) is 23.7 Å². The molecule has 24 heavy (non-hydrogen) atoms. The molecule has 0 bridgehead atoms. The van der Waals surface area contributed by atoms with Crippen LogP contribution in [-0.2, 0) is 11.2 Å². The van der Waals surface area contributed by atoms with E-state index in [1.54, 1.807) is 0 Å². The summed E-state index contributed by atoms with van der Waals surface area (Å²) in [5, 5.41) is 9.72. The Labute approximate surface area is 145 Å². The first-order valence-electron chi connectivity index (χ1n) is 8.03. The third-order valence-electron chi connectivity index (χ3n) is 4.69. The zero-order chi connectivity index (χ0) is 16.7. The second-order valence-corrected chi connectivity index (χ2v) is 6.73. The molecule has 1 N–H and O–H groups in total. The monoisotopic (exact) mass is 344 g/mol. The van der Waals surface area contributed by atoms with E-state index in [0.29, 0.717) is 6.61 Å². The largest absolute Gasteiger partial charge is 0.492 e. The number of carboxylic acids is 1. The molecule has 0 saturated heterocycles. The SMILES string of the molecule is O=C(O)CC1COc2cc(O[C@@H]3CCc4cc(Cl)ccc43)ccc21. The third kappa shape index (κ3) is 2.82. The van der Waals surface area contributed by atoms with E-state index in [0.717, 1.165) is 34.9 Å². The van der Waals surface area contributed by atoms with Gasteiger partial charge in [-0.25, -0.2) is 0 Å². The zero-order valence-corrected chi connectivity index (χ0v) is 13.8. The number of carbonyl (C=O) groups is 1. The highest BCUT2D eigenvalue weighted by atomic mass is 35.5. The normalized spacial score (nSPS) is 21.0. The molecule has 1 aliphatic carbocycles. The molecular formula is C19H17ClO4. The Morgan fingerprint density at radius 1 is 1.25 bits per heavy atom. The van der Waals surface area contributed by atoms with Gasteiger partial charge in [-0.3, -0.25) is 4.79 Å². The molecule has 2 aromatic rings. The summed E-state index contributed by atoms with van der Waals surface area (Å²) in [6.07, 6.45) is 1.99. The molecule has 0 radical (unpaired) electrons. The molecule has 2 aliphatic rings. The van der Waals surface area contributed by atoms with Crippen LogP contribution in [0, 0.1) is 0 Å². The van der Waals surface area contributed by atoms with Crippen LogP contribution in [0.25, 0.3) is 0 Å². The first-order chi connectivity index (χ1) is 11.6. The van der Waals surface area contributed by atoms with Gasteiger partial charge in [-0.15, -0.1) is 0 Å². The second kappa shape index (κ2) is 6.02. The van der Waals surface area contributed by atoms with Crippen LogP contribution in [0.3, 0.4) is 0 Å². The van der Waals surface area contributed by atoms with Crippen LogP contribution in [-0.4, -0.2) is 17.7 Å². The first kappa shape index (κ1) is 15.3. The maximum absolute atomic E-state index is 10.9. The Hall–Kier alpha value is -2.20. The number of aliphatic carboxylic acids is 1. The molecule has 1 unspecified atom stereocenters. The topological polar surface area (TPSA) is 55.8 Å². The van der Waals surface area contributed by atoms with Gasteiger partial charge in [-0.05, 0) is 42.2 Å². The van der Waals surface area contributed by atoms with Crippen molar-refractivity contribution >= 4 is 17.6 Å². The molecule has 2 atom stereocenters. The maximum atomic E-state index is 10.9. The number of hydrogen-bond donors (Lipinski definition) is 1. The third-order valence-corrected chi connectivity index (χ3v) is 4.93. The summed E-state index contributed by atoms with van der Waals surface area (Å²) >= 11 is 6.05. The number of fused-ring (bicyclic) bond motifs is 2. The summed E-state index contributed by atoms with van der Waals surface area (Å²) < 4.78 is 11.8. The average molecular weight is 345 g/mol. The van der Waals surface area contributed by atoms with Crippen LogP contribution in [0.2, 0.25) is 5.02 Å². The van der Waals surface area contributed by atoms with Crippen LogP contribution >= 0.6 is 11.6 Å². The highest BCUT2D eigenvalue weighted by Crippen LogP contribution is 2.41. The Bertz CT molecular complexity index is 802. The van der Waals surface area contributed by atoms with Crippen molar-refractivity contribution in [2.24, 2.45) is 0 Å². The summed E-state index contributed by atoms with van der Waals surface area (Å²) in [4.78, 5) is 10.9. The molecule has 4 nitrogen and oxygen atoms in total. The fourth-order valence-electron chi connectivity index (χ4n) is 3.54. The maximum Gasteiger partial charge on any atom is 0.304 e. The van der Waals surface area contributed by atoms with Crippen LogP contribution in [0.15, 0.2) is 36.4 Å². The van der Waals surface area contributed by atoms with Crippen LogP contribution < -0.4 is 9.47 Å². The van der Waals surface area contributed by atoms with Gasteiger partial charge in [0.15, 0.2) is 0 Å². The molecule has 0 spiro atoms. The van der Waals surface area contributed by atoms with E-state index in [1.165, 1.54) is 11.1 Å². The van der Waals surface area contributed by atoms with Crippen molar-refractivity contribution in [3.05, 3.63) is 58.1 Å². The molecule has 0 amide bonds. The highest BCUT2D eigenvalue weighted by Gasteiger charge is 2.28. The molecule has 2 aromatic carbocycles. The smallest absolute Gasteiger partial charge is 0.304 e. The Morgan fingerprint density at radius 2 is 2.08 bits per heavy atom. The molecule has 0 fully saturated rings. The van der Waals surface area contributed by atoms with Crippen molar-refractivity contribution < 1.29 is 19.4 Å². The fraction of sp³-hybridized carbons (Fsp3) is 0.316. The molecule has 1 aliphatic heterocycles. The molecule has 124 valence electrons. The van der Waals surface area contributed by atoms with E-state index < -0.39 is 5.97 Å². The Balaban J connectivity index is 1.53. The Morgan fingerprint density at radius 3 is 2.92 bits per heavy atom. The minimum absolute atomic E-state index is 0.0199. The van der Waals surface area contributed by atoms with Gasteiger partial charge in [-0.2, -0.15) is 0 Å². The lowest BCUT2D eigenvalue weighted by Gasteiger charge is -2.16. The van der Waals surface area contributed by atoms with Crippen LogP contribution in [0.1, 0.15) is 41.6 Å². The van der Waals surface area contributed by atoms with Gasteiger partial charge >= 0.3 is 5.97 Å². The van der Waals surface area contributed by atoms with Gasteiger partial charge in [0.1, 0.15) is 17.6 Å². The van der Waals surface area contributed by atoms with Crippen LogP contribution in [0.5, 0.6) is 11.5 Å². The van der Waals surface area contributed by atoms with E-state index in [9.17, 15) is 4.79 Å². The molecule has 1 heterocycles. The van der Waals surface area contributed by atoms with Gasteiger partial charge in [0.2, 0.25) is 0 Å². The van der Waals surface area contributed by atoms with Crippen molar-refractivity contribution in [1.82, 2.24) is 0 Å². The number of aryl methyl sites for hydroxylation is 1. The highest BCUT2D eigenvalue weighted by molar-refractivity contribution is 6.30. The summed E-state index contributed by atoms with van der Waals surface area (Å²) in [5.41, 5.74) is 3.37. The zero-order valence-electron chi connectivity index (χ0n) is 13.0. The van der Waals surface area contributed by atoms with Gasteiger partial charge in [0, 0.05) is 22.6 Å². The van der Waals surface area contributed by atoms with Crippen molar-refractivity contribution in [2.75, 3.05) is 6.61 Å². The van der Waals surface area contributed by atoms with Gasteiger partial charge < -0.3 is 14.6 Å². The second-order valence-electron chi connectivity index (χ2n) is 6.29. The van der Waals surface area contributed by atoms with E-state index in [2.05, 4.69) is 0 Å². The predicted octanol–water partition coefficient (Wildman–Crippen LogP) is 4.36. The van der Waals surface area contributed by atoms with E-state index in [1.807, 2.05) is 36.4 Å². The summed E-state index contributed by atoms with van der Waals surface area (Å²) in [6.45, 7) is 0.413. The van der Waals surface area contributed by atoms with Gasteiger partial charge in [0.05, 0.1) is 13.0 Å². The number of benzene rings is 2. The Kier molecular flexibility index (Phi) is 3.85. The van der Waals surface area contributed by atoms with Crippen LogP contribution in [0.4, 0.5) is 0 Å². The molecule has 0 aromatic heterocycles. The van der Waals surface area contributed by atoms with Crippen molar-refractivity contribution in [2.45, 2.75) is 31.3 Å². The molecule has 0 saturated carbocycles. The summed E-state index contributed by atoms with van der Waals surface area (Å²) in [5.74, 6) is 0.587. The number of hydrogen-bond acceptors (Lipinski definition) is 3. The van der Waals surface area contributed by atoms with Crippen molar-refractivity contribution in [1.29, 1.82) is 0 Å². The lowest BCUT2D eigenvalue weighted by Crippen LogP contribution is -2.07. The summed E-state index contributed by atoms with van der Waals surface area (Å²) in [6, 6.07) is 11.6. The number of ether oxygens (including phenoxy) is 2. The van der Waals surface area contributed by atoms with E-state index >= 15 is 0 Å². The number of halogens is 1. The molecular weight excluding hydrogens is 328 g/mol. The van der Waals surface area contributed by atoms with E-state index in [-0.39, 0.29) is 18.4 Å². The quantitative estimate of drug-likeness (QED) is 0.895. The van der Waals surface area contributed by atoms with Gasteiger partial charge in [0.25, 0.3) is 0 Å². The molecule has 4 rings (SSSR count). The first-order valence-corrected chi connectivity index (χ1v) is 8.41. The number of rotatable bonds is 4.